The van der Waals surface area contributed by atoms with Crippen LogP contribution in [0.3, 0.4) is 0 Å². The lowest BCUT2D eigenvalue weighted by Gasteiger charge is -2.28. The molecule has 0 saturated carbocycles. The smallest absolute Gasteiger partial charge is 0.143 e. The fourth-order valence-electron chi connectivity index (χ4n) is 9.87. The molecule has 9 aromatic carbocycles. The minimum Gasteiger partial charge on any atom is -0.455 e. The number of hydrogen-bond donors (Lipinski definition) is 0. The van der Waals surface area contributed by atoms with Crippen LogP contribution in [0, 0.1) is 0 Å². The summed E-state index contributed by atoms with van der Waals surface area (Å²) in [5.41, 5.74) is 16.9. The van der Waals surface area contributed by atoms with Crippen molar-refractivity contribution in [3.8, 4) is 27.9 Å². The molecule has 0 radical (unpaired) electrons. The van der Waals surface area contributed by atoms with Crippen molar-refractivity contribution >= 4 is 66.4 Å². The zero-order valence-corrected chi connectivity index (χ0v) is 34.6. The number of anilines is 3. The zero-order valence-electron chi connectivity index (χ0n) is 34.6. The maximum absolute atomic E-state index is 6.55. The van der Waals surface area contributed by atoms with E-state index in [-0.39, 0.29) is 5.92 Å². The molecule has 0 spiro atoms. The molecule has 3 heteroatoms. The first-order valence-corrected chi connectivity index (χ1v) is 21.8. The van der Waals surface area contributed by atoms with Crippen LogP contribution >= 0.6 is 0 Å². The molecule has 0 amide bonds. The maximum Gasteiger partial charge on any atom is 0.143 e. The third kappa shape index (κ3) is 6.36. The van der Waals surface area contributed by atoms with Gasteiger partial charge in [-0.25, -0.2) is 0 Å². The van der Waals surface area contributed by atoms with Gasteiger partial charge in [-0.3, -0.25) is 0 Å². The Hall–Kier alpha value is -8.14. The molecule has 2 aromatic heterocycles. The number of para-hydroxylation sites is 5. The van der Waals surface area contributed by atoms with Crippen LogP contribution in [0.15, 0.2) is 241 Å². The van der Waals surface area contributed by atoms with E-state index < -0.39 is 0 Å². The third-order valence-corrected chi connectivity index (χ3v) is 12.8. The van der Waals surface area contributed by atoms with Gasteiger partial charge >= 0.3 is 0 Å². The monoisotopic (exact) mass is 806 g/mol. The van der Waals surface area contributed by atoms with Gasteiger partial charge in [-0.2, -0.15) is 0 Å². The summed E-state index contributed by atoms with van der Waals surface area (Å²) in [5.74, 6) is 0.271. The lowest BCUT2D eigenvalue weighted by Crippen LogP contribution is -2.11. The van der Waals surface area contributed by atoms with Crippen LogP contribution in [0.5, 0.6) is 0 Å². The molecule has 2 heterocycles. The van der Waals surface area contributed by atoms with Crippen LogP contribution in [0.2, 0.25) is 0 Å². The standard InChI is InChI=1S/C60H42N2O/c1-2-17-41(18-3-1)48-23-4-5-24-49(48)42-35-37-45(38-36-42)61(47-22-15-20-44(40-47)51-29-16-30-55-54-28-9-13-34-59(54)63-60(51)55)46-21-14-19-43(39-46)50-25-6-10-31-56(50)62-57-32-11-7-26-52(57)53-27-8-12-33-58(53)62/h1-23,25-40,49H,24H2. The lowest BCUT2D eigenvalue weighted by atomic mass is 9.82. The van der Waals surface area contributed by atoms with E-state index in [1.54, 1.807) is 0 Å². The molecular weight excluding hydrogens is 765 g/mol. The van der Waals surface area contributed by atoms with Crippen LogP contribution in [0.1, 0.15) is 23.5 Å². The second-order valence-electron chi connectivity index (χ2n) is 16.4. The van der Waals surface area contributed by atoms with Gasteiger partial charge in [0, 0.05) is 55.7 Å². The van der Waals surface area contributed by atoms with E-state index in [0.29, 0.717) is 0 Å². The van der Waals surface area contributed by atoms with E-state index in [0.717, 1.165) is 73.4 Å². The molecule has 1 aliphatic rings. The van der Waals surface area contributed by atoms with Gasteiger partial charge < -0.3 is 13.9 Å². The fourth-order valence-corrected chi connectivity index (χ4v) is 9.87. The number of rotatable bonds is 8. The van der Waals surface area contributed by atoms with Gasteiger partial charge in [-0.15, -0.1) is 0 Å². The Morgan fingerprint density at radius 2 is 1.02 bits per heavy atom. The van der Waals surface area contributed by atoms with Gasteiger partial charge in [0.1, 0.15) is 11.2 Å². The highest BCUT2D eigenvalue weighted by atomic mass is 16.3. The number of benzene rings is 9. The minimum atomic E-state index is 0.271. The largest absolute Gasteiger partial charge is 0.455 e. The Morgan fingerprint density at radius 3 is 1.76 bits per heavy atom. The van der Waals surface area contributed by atoms with Gasteiger partial charge in [0.05, 0.1) is 16.7 Å². The average Bonchev–Trinajstić information content (AvgIpc) is 3.91. The normalized spacial score (nSPS) is 13.8. The number of aromatic nitrogens is 1. The average molecular weight is 807 g/mol. The second-order valence-corrected chi connectivity index (χ2v) is 16.4. The molecular formula is C60H42N2O. The molecule has 1 unspecified atom stereocenters. The number of furan rings is 1. The Bertz CT molecular complexity index is 3500. The SMILES string of the molecule is C1=CCC(c2ccc(N(c3cccc(-c4ccccc4-n4c5ccccc5c5ccccc54)c3)c3cccc(-c4cccc5c4oc4ccccc45)c3)cc2)C(c2ccccc2)=C1. The molecule has 0 bridgehead atoms. The summed E-state index contributed by atoms with van der Waals surface area (Å²) in [4.78, 5) is 2.40. The maximum atomic E-state index is 6.55. The highest BCUT2D eigenvalue weighted by Gasteiger charge is 2.22. The van der Waals surface area contributed by atoms with Crippen LogP contribution < -0.4 is 4.90 Å². The van der Waals surface area contributed by atoms with Gasteiger partial charge in [0.15, 0.2) is 0 Å². The quantitative estimate of drug-likeness (QED) is 0.153. The molecule has 12 rings (SSSR count). The van der Waals surface area contributed by atoms with Crippen LogP contribution in [0.4, 0.5) is 17.1 Å². The highest BCUT2D eigenvalue weighted by Crippen LogP contribution is 2.44. The van der Waals surface area contributed by atoms with Crippen LogP contribution in [-0.2, 0) is 0 Å². The van der Waals surface area contributed by atoms with E-state index in [2.05, 4.69) is 240 Å². The Labute approximate surface area is 366 Å². The van der Waals surface area contributed by atoms with Crippen molar-refractivity contribution in [1.29, 1.82) is 0 Å². The summed E-state index contributed by atoms with van der Waals surface area (Å²) in [6, 6.07) is 78.9. The number of nitrogens with zero attached hydrogens (tertiary/aromatic N) is 2. The first-order chi connectivity index (χ1) is 31.3. The van der Waals surface area contributed by atoms with Crippen LogP contribution in [0.25, 0.3) is 77.3 Å². The summed E-state index contributed by atoms with van der Waals surface area (Å²) in [7, 11) is 0. The van der Waals surface area contributed by atoms with Crippen molar-refractivity contribution in [2.24, 2.45) is 0 Å². The van der Waals surface area contributed by atoms with Crippen molar-refractivity contribution in [3.63, 3.8) is 0 Å². The van der Waals surface area contributed by atoms with Gasteiger partial charge in [0.25, 0.3) is 0 Å². The predicted octanol–water partition coefficient (Wildman–Crippen LogP) is 16.6. The summed E-state index contributed by atoms with van der Waals surface area (Å²) in [5, 5.41) is 4.75. The molecule has 1 atom stereocenters. The lowest BCUT2D eigenvalue weighted by molar-refractivity contribution is 0.670. The van der Waals surface area contributed by atoms with E-state index in [4.69, 9.17) is 4.42 Å². The predicted molar refractivity (Wildman–Crippen MR) is 265 cm³/mol. The molecule has 298 valence electrons. The van der Waals surface area contributed by atoms with Crippen molar-refractivity contribution < 1.29 is 4.42 Å². The second kappa shape index (κ2) is 15.4. The first-order valence-electron chi connectivity index (χ1n) is 21.8. The van der Waals surface area contributed by atoms with Gasteiger partial charge in [-0.05, 0) is 94.9 Å². The first kappa shape index (κ1) is 36.7. The number of hydrogen-bond acceptors (Lipinski definition) is 2. The molecule has 0 fully saturated rings. The third-order valence-electron chi connectivity index (χ3n) is 12.8. The number of fused-ring (bicyclic) bond motifs is 6. The zero-order chi connectivity index (χ0) is 41.7. The van der Waals surface area contributed by atoms with Crippen molar-refractivity contribution in [3.05, 3.63) is 248 Å². The summed E-state index contributed by atoms with van der Waals surface area (Å²) < 4.78 is 8.97. The summed E-state index contributed by atoms with van der Waals surface area (Å²) in [6.45, 7) is 0. The topological polar surface area (TPSA) is 21.3 Å². The summed E-state index contributed by atoms with van der Waals surface area (Å²) in [6.07, 6.45) is 7.72. The summed E-state index contributed by atoms with van der Waals surface area (Å²) >= 11 is 0. The molecule has 63 heavy (non-hydrogen) atoms. The minimum absolute atomic E-state index is 0.271. The Balaban J connectivity index is 1.00. The molecule has 11 aromatic rings. The van der Waals surface area contributed by atoms with Crippen LogP contribution in [-0.4, -0.2) is 4.57 Å². The molecule has 0 aliphatic heterocycles. The molecule has 3 nitrogen and oxygen atoms in total. The number of allylic oxidation sites excluding steroid dienone is 4. The van der Waals surface area contributed by atoms with Gasteiger partial charge in [-0.1, -0.05) is 176 Å². The molecule has 0 saturated heterocycles. The molecule has 0 N–H and O–H groups in total. The van der Waals surface area contributed by atoms with E-state index in [1.165, 1.54) is 38.5 Å². The molecule has 1 aliphatic carbocycles. The highest BCUT2D eigenvalue weighted by molar-refractivity contribution is 6.11. The fraction of sp³-hybridized carbons (Fsp3) is 0.0333. The van der Waals surface area contributed by atoms with Crippen molar-refractivity contribution in [1.82, 2.24) is 4.57 Å². The van der Waals surface area contributed by atoms with Gasteiger partial charge in [0.2, 0.25) is 0 Å². The van der Waals surface area contributed by atoms with E-state index in [1.807, 2.05) is 6.07 Å². The Kier molecular flexibility index (Phi) is 8.97. The van der Waals surface area contributed by atoms with E-state index >= 15 is 0 Å². The van der Waals surface area contributed by atoms with Crippen molar-refractivity contribution in [2.75, 3.05) is 4.90 Å². The Morgan fingerprint density at radius 1 is 0.444 bits per heavy atom. The van der Waals surface area contributed by atoms with Crippen molar-refractivity contribution in [2.45, 2.75) is 12.3 Å². The van der Waals surface area contributed by atoms with E-state index in [9.17, 15) is 0 Å².